The molecule has 3 rings (SSSR count). The van der Waals surface area contributed by atoms with Crippen molar-refractivity contribution in [3.05, 3.63) is 65.2 Å². The number of fused-ring (bicyclic) bond motifs is 1. The van der Waals surface area contributed by atoms with Crippen LogP contribution in [0, 0.1) is 5.92 Å². The summed E-state index contributed by atoms with van der Waals surface area (Å²) in [6, 6.07) is 13.1. The number of ether oxygens (including phenoxy) is 2. The van der Waals surface area contributed by atoms with Gasteiger partial charge in [0.05, 0.1) is 24.8 Å². The Morgan fingerprint density at radius 2 is 1.54 bits per heavy atom. The van der Waals surface area contributed by atoms with Gasteiger partial charge in [-0.3, -0.25) is 14.5 Å². The molecule has 0 spiro atoms. The smallest absolute Gasteiger partial charge is 0.329 e. The van der Waals surface area contributed by atoms with Crippen LogP contribution in [0.25, 0.3) is 0 Å². The topological polar surface area (TPSA) is 72.9 Å². The van der Waals surface area contributed by atoms with Crippen LogP contribution in [0.15, 0.2) is 48.5 Å². The lowest BCUT2D eigenvalue weighted by Gasteiger charge is -2.27. The van der Waals surface area contributed by atoms with Gasteiger partial charge in [-0.25, -0.2) is 4.79 Å². The van der Waals surface area contributed by atoms with E-state index in [1.165, 1.54) is 0 Å². The molecule has 0 saturated carbocycles. The van der Waals surface area contributed by atoms with Crippen molar-refractivity contribution in [2.45, 2.75) is 26.3 Å². The molecule has 0 radical (unpaired) electrons. The normalized spacial score (nSPS) is 14.2. The maximum Gasteiger partial charge on any atom is 0.329 e. The molecule has 2 amide bonds. The Morgan fingerprint density at radius 1 is 0.964 bits per heavy atom. The summed E-state index contributed by atoms with van der Waals surface area (Å²) in [6.45, 7) is 3.75. The average Bonchev–Trinajstić information content (AvgIpc) is 2.94. The molecule has 6 nitrogen and oxygen atoms in total. The second-order valence-corrected chi connectivity index (χ2v) is 6.98. The zero-order valence-corrected chi connectivity index (χ0v) is 16.2. The van der Waals surface area contributed by atoms with E-state index >= 15 is 0 Å². The Labute approximate surface area is 164 Å². The molecule has 6 heteroatoms. The van der Waals surface area contributed by atoms with Crippen molar-refractivity contribution < 1.29 is 23.9 Å². The van der Waals surface area contributed by atoms with Gasteiger partial charge < -0.3 is 9.47 Å². The third-order valence-corrected chi connectivity index (χ3v) is 4.77. The molecule has 2 aromatic rings. The number of esters is 1. The van der Waals surface area contributed by atoms with E-state index in [2.05, 4.69) is 0 Å². The third-order valence-electron chi connectivity index (χ3n) is 4.77. The summed E-state index contributed by atoms with van der Waals surface area (Å²) in [5, 5.41) is 0. The van der Waals surface area contributed by atoms with E-state index in [0.29, 0.717) is 17.5 Å². The largest absolute Gasteiger partial charge is 0.497 e. The van der Waals surface area contributed by atoms with Crippen LogP contribution in [0.2, 0.25) is 0 Å². The number of carbonyl (C=O) groups excluding carboxylic acids is 3. The standard InChI is InChI=1S/C22H23NO5/c1-14(2)19(23-20(24)17-6-4-5-7-18(17)21(23)25)22(26)28-13-12-15-8-10-16(27-3)11-9-15/h4-11,14,19H,12-13H2,1-3H3/t19-/m0/s1. The van der Waals surface area contributed by atoms with Gasteiger partial charge in [0.1, 0.15) is 11.8 Å². The van der Waals surface area contributed by atoms with Crippen LogP contribution >= 0.6 is 0 Å². The first kappa shape index (κ1) is 19.6. The molecule has 0 aromatic heterocycles. The number of benzene rings is 2. The van der Waals surface area contributed by atoms with Crippen LogP contribution in [0.4, 0.5) is 0 Å². The van der Waals surface area contributed by atoms with E-state index < -0.39 is 23.8 Å². The molecule has 1 aliphatic heterocycles. The van der Waals surface area contributed by atoms with E-state index in [-0.39, 0.29) is 12.5 Å². The highest BCUT2D eigenvalue weighted by Crippen LogP contribution is 2.27. The van der Waals surface area contributed by atoms with Crippen LogP contribution in [0.5, 0.6) is 5.75 Å². The number of rotatable bonds is 7. The number of methoxy groups -OCH3 is 1. The molecular formula is C22H23NO5. The fraction of sp³-hybridized carbons (Fsp3) is 0.318. The number of carbonyl (C=O) groups is 3. The monoisotopic (exact) mass is 381 g/mol. The minimum absolute atomic E-state index is 0.164. The van der Waals surface area contributed by atoms with E-state index in [4.69, 9.17) is 9.47 Å². The zero-order valence-electron chi connectivity index (χ0n) is 16.2. The summed E-state index contributed by atoms with van der Waals surface area (Å²) >= 11 is 0. The Hall–Kier alpha value is -3.15. The molecule has 1 aliphatic rings. The van der Waals surface area contributed by atoms with Gasteiger partial charge in [-0.15, -0.1) is 0 Å². The summed E-state index contributed by atoms with van der Waals surface area (Å²) in [5.41, 5.74) is 1.64. The van der Waals surface area contributed by atoms with Crippen molar-refractivity contribution in [2.75, 3.05) is 13.7 Å². The molecule has 0 unspecified atom stereocenters. The van der Waals surface area contributed by atoms with Crippen molar-refractivity contribution in [1.82, 2.24) is 4.90 Å². The van der Waals surface area contributed by atoms with Crippen molar-refractivity contribution in [3.63, 3.8) is 0 Å². The lowest BCUT2D eigenvalue weighted by molar-refractivity contribution is -0.149. The first-order valence-corrected chi connectivity index (χ1v) is 9.20. The highest BCUT2D eigenvalue weighted by atomic mass is 16.5. The quantitative estimate of drug-likeness (QED) is 0.544. The maximum absolute atomic E-state index is 12.7. The van der Waals surface area contributed by atoms with Gasteiger partial charge in [0.25, 0.3) is 11.8 Å². The molecule has 146 valence electrons. The third kappa shape index (κ3) is 3.76. The number of hydrogen-bond donors (Lipinski definition) is 0. The van der Waals surface area contributed by atoms with Crippen molar-refractivity contribution in [2.24, 2.45) is 5.92 Å². The lowest BCUT2D eigenvalue weighted by atomic mass is 10.0. The highest BCUT2D eigenvalue weighted by molar-refractivity contribution is 6.22. The SMILES string of the molecule is COc1ccc(CCOC(=O)[C@H](C(C)C)N2C(=O)c3ccccc3C2=O)cc1. The molecule has 0 saturated heterocycles. The Morgan fingerprint density at radius 3 is 2.04 bits per heavy atom. The molecule has 0 fully saturated rings. The summed E-state index contributed by atoms with van der Waals surface area (Å²) in [5.74, 6) is -0.988. The molecular weight excluding hydrogens is 358 g/mol. The van der Waals surface area contributed by atoms with Gasteiger partial charge in [-0.05, 0) is 35.7 Å². The molecule has 1 heterocycles. The van der Waals surface area contributed by atoms with Crippen molar-refractivity contribution >= 4 is 17.8 Å². The van der Waals surface area contributed by atoms with Gasteiger partial charge in [0.2, 0.25) is 0 Å². The average molecular weight is 381 g/mol. The molecule has 0 bridgehead atoms. The fourth-order valence-corrected chi connectivity index (χ4v) is 3.28. The van der Waals surface area contributed by atoms with E-state index in [1.54, 1.807) is 45.2 Å². The molecule has 2 aromatic carbocycles. The van der Waals surface area contributed by atoms with E-state index in [1.807, 2.05) is 24.3 Å². The summed E-state index contributed by atoms with van der Waals surface area (Å²) in [6.07, 6.45) is 0.530. The molecule has 0 aliphatic carbocycles. The number of amides is 2. The Kier molecular flexibility index (Phi) is 5.78. The fourth-order valence-electron chi connectivity index (χ4n) is 3.28. The molecule has 1 atom stereocenters. The van der Waals surface area contributed by atoms with Crippen LogP contribution in [-0.4, -0.2) is 42.4 Å². The Balaban J connectivity index is 1.68. The van der Waals surface area contributed by atoms with Crippen molar-refractivity contribution in [1.29, 1.82) is 0 Å². The first-order valence-electron chi connectivity index (χ1n) is 9.20. The number of imide groups is 1. The number of hydrogen-bond acceptors (Lipinski definition) is 5. The second-order valence-electron chi connectivity index (χ2n) is 6.98. The van der Waals surface area contributed by atoms with Crippen LogP contribution < -0.4 is 4.74 Å². The van der Waals surface area contributed by atoms with Crippen LogP contribution in [-0.2, 0) is 16.0 Å². The highest BCUT2D eigenvalue weighted by Gasteiger charge is 2.44. The van der Waals surface area contributed by atoms with Gasteiger partial charge in [-0.2, -0.15) is 0 Å². The van der Waals surface area contributed by atoms with Gasteiger partial charge in [0.15, 0.2) is 0 Å². The van der Waals surface area contributed by atoms with E-state index in [9.17, 15) is 14.4 Å². The van der Waals surface area contributed by atoms with E-state index in [0.717, 1.165) is 16.2 Å². The minimum Gasteiger partial charge on any atom is -0.497 e. The van der Waals surface area contributed by atoms with Gasteiger partial charge in [-0.1, -0.05) is 38.1 Å². The first-order chi connectivity index (χ1) is 13.4. The molecule has 0 N–H and O–H groups in total. The second kappa shape index (κ2) is 8.25. The maximum atomic E-state index is 12.7. The van der Waals surface area contributed by atoms with Gasteiger partial charge >= 0.3 is 5.97 Å². The van der Waals surface area contributed by atoms with Crippen molar-refractivity contribution in [3.8, 4) is 5.75 Å². The predicted molar refractivity (Wildman–Crippen MR) is 103 cm³/mol. The predicted octanol–water partition coefficient (Wildman–Crippen LogP) is 3.10. The van der Waals surface area contributed by atoms with Crippen LogP contribution in [0.3, 0.4) is 0 Å². The summed E-state index contributed by atoms with van der Waals surface area (Å²) < 4.78 is 10.5. The Bertz CT molecular complexity index is 853. The molecule has 28 heavy (non-hydrogen) atoms. The zero-order chi connectivity index (χ0) is 20.3. The van der Waals surface area contributed by atoms with Crippen LogP contribution in [0.1, 0.15) is 40.1 Å². The summed E-state index contributed by atoms with van der Waals surface area (Å²) in [4.78, 5) is 39.1. The van der Waals surface area contributed by atoms with Gasteiger partial charge in [0, 0.05) is 6.42 Å². The minimum atomic E-state index is -0.955. The lowest BCUT2D eigenvalue weighted by Crippen LogP contribution is -2.48. The summed E-state index contributed by atoms with van der Waals surface area (Å²) in [7, 11) is 1.60. The number of nitrogens with zero attached hydrogens (tertiary/aromatic N) is 1.